The quantitative estimate of drug-likeness (QED) is 0.634. The highest BCUT2D eigenvalue weighted by Crippen LogP contribution is 2.27. The minimum absolute atomic E-state index is 0.0985. The molecule has 2 N–H and O–H groups in total. The maximum Gasteiger partial charge on any atom is 0.243 e. The number of benzene rings is 2. The first kappa shape index (κ1) is 20.9. The van der Waals surface area contributed by atoms with Crippen LogP contribution < -0.4 is 15.4 Å². The number of carbonyl (C=O) groups excluding carboxylic acids is 2. The maximum atomic E-state index is 13.1. The normalized spacial score (nSPS) is 10.4. The number of carbonyl (C=O) groups is 2. The van der Waals surface area contributed by atoms with E-state index in [0.29, 0.717) is 22.2 Å². The van der Waals surface area contributed by atoms with Gasteiger partial charge in [0.25, 0.3) is 0 Å². The number of halogens is 4. The Kier molecular flexibility index (Phi) is 7.82. The van der Waals surface area contributed by atoms with Crippen molar-refractivity contribution in [1.29, 1.82) is 0 Å². The van der Waals surface area contributed by atoms with Gasteiger partial charge in [-0.05, 0) is 36.8 Å². The predicted octanol–water partition coefficient (Wildman–Crippen LogP) is 4.19. The van der Waals surface area contributed by atoms with E-state index in [1.54, 1.807) is 18.2 Å². The van der Waals surface area contributed by atoms with Crippen LogP contribution in [0, 0.1) is 11.6 Å². The molecule has 2 aromatic rings. The molecule has 0 heterocycles. The largest absolute Gasteiger partial charge is 0.492 e. The van der Waals surface area contributed by atoms with Crippen molar-refractivity contribution in [1.82, 2.24) is 5.32 Å². The summed E-state index contributed by atoms with van der Waals surface area (Å²) in [6, 6.07) is 7.80. The molecule has 144 valence electrons. The molecule has 0 radical (unpaired) electrons. The average molecular weight is 417 g/mol. The van der Waals surface area contributed by atoms with E-state index in [-0.39, 0.29) is 31.2 Å². The van der Waals surface area contributed by atoms with Gasteiger partial charge in [0.1, 0.15) is 5.75 Å². The average Bonchev–Trinajstić information content (AvgIpc) is 2.61. The topological polar surface area (TPSA) is 67.4 Å². The molecular weight excluding hydrogens is 401 g/mol. The lowest BCUT2D eigenvalue weighted by Crippen LogP contribution is -2.32. The van der Waals surface area contributed by atoms with E-state index >= 15 is 0 Å². The molecule has 9 heteroatoms. The minimum atomic E-state index is -1.07. The van der Waals surface area contributed by atoms with Gasteiger partial charge in [-0.3, -0.25) is 9.59 Å². The van der Waals surface area contributed by atoms with Crippen molar-refractivity contribution in [2.24, 2.45) is 0 Å². The summed E-state index contributed by atoms with van der Waals surface area (Å²) in [4.78, 5) is 23.4. The molecule has 2 aromatic carbocycles. The second-order valence-electron chi connectivity index (χ2n) is 5.48. The van der Waals surface area contributed by atoms with Crippen LogP contribution in [-0.2, 0) is 9.59 Å². The molecular formula is C18H16Cl2F2N2O3. The Morgan fingerprint density at radius 2 is 1.78 bits per heavy atom. The molecule has 0 spiro atoms. The van der Waals surface area contributed by atoms with Gasteiger partial charge < -0.3 is 15.4 Å². The molecule has 2 rings (SSSR count). The van der Waals surface area contributed by atoms with Crippen molar-refractivity contribution in [3.8, 4) is 5.75 Å². The Bertz CT molecular complexity index is 834. The summed E-state index contributed by atoms with van der Waals surface area (Å²) in [5.41, 5.74) is 0.0985. The van der Waals surface area contributed by atoms with Crippen LogP contribution in [0.4, 0.5) is 14.5 Å². The summed E-state index contributed by atoms with van der Waals surface area (Å²) in [5, 5.41) is 5.65. The molecule has 0 aliphatic carbocycles. The van der Waals surface area contributed by atoms with Crippen LogP contribution in [0.1, 0.15) is 12.8 Å². The van der Waals surface area contributed by atoms with Crippen LogP contribution in [0.3, 0.4) is 0 Å². The molecule has 0 saturated carbocycles. The lowest BCUT2D eigenvalue weighted by Gasteiger charge is -2.09. The van der Waals surface area contributed by atoms with Crippen molar-refractivity contribution in [2.45, 2.75) is 12.8 Å². The van der Waals surface area contributed by atoms with Gasteiger partial charge >= 0.3 is 0 Å². The second kappa shape index (κ2) is 10.1. The highest BCUT2D eigenvalue weighted by atomic mass is 35.5. The summed E-state index contributed by atoms with van der Waals surface area (Å²) in [5.74, 6) is -2.52. The Hall–Kier alpha value is -2.38. The van der Waals surface area contributed by atoms with E-state index in [1.807, 2.05) is 0 Å². The van der Waals surface area contributed by atoms with E-state index in [2.05, 4.69) is 10.6 Å². The Morgan fingerprint density at radius 1 is 1.00 bits per heavy atom. The van der Waals surface area contributed by atoms with E-state index in [4.69, 9.17) is 27.9 Å². The lowest BCUT2D eigenvalue weighted by atomic mass is 10.3. The molecule has 5 nitrogen and oxygen atoms in total. The Balaban J connectivity index is 1.65. The van der Waals surface area contributed by atoms with Crippen molar-refractivity contribution in [3.05, 3.63) is 58.1 Å². The smallest absolute Gasteiger partial charge is 0.243 e. The summed E-state index contributed by atoms with van der Waals surface area (Å²) in [6.45, 7) is -0.0302. The number of hydrogen-bond donors (Lipinski definition) is 2. The Labute approximate surface area is 164 Å². The molecule has 0 atom stereocenters. The Morgan fingerprint density at radius 3 is 2.48 bits per heavy atom. The van der Waals surface area contributed by atoms with E-state index in [0.717, 1.165) is 12.1 Å². The molecule has 2 amide bonds. The van der Waals surface area contributed by atoms with Crippen molar-refractivity contribution in [3.63, 3.8) is 0 Å². The third-order valence-electron chi connectivity index (χ3n) is 3.35. The predicted molar refractivity (Wildman–Crippen MR) is 99.2 cm³/mol. The first-order chi connectivity index (χ1) is 12.8. The van der Waals surface area contributed by atoms with Crippen molar-refractivity contribution >= 4 is 40.7 Å². The van der Waals surface area contributed by atoms with Gasteiger partial charge in [-0.25, -0.2) is 8.78 Å². The highest BCUT2D eigenvalue weighted by molar-refractivity contribution is 6.35. The van der Waals surface area contributed by atoms with Crippen molar-refractivity contribution in [2.75, 3.05) is 18.5 Å². The zero-order valence-electron chi connectivity index (χ0n) is 14.0. The standard InChI is InChI=1S/C18H16Cl2F2N2O3/c19-11-3-6-16(13(20)8-11)27-7-1-2-17(25)23-10-18(26)24-12-4-5-14(21)15(22)9-12/h3-6,8-9H,1-2,7,10H2,(H,23,25)(H,24,26). The van der Waals surface area contributed by atoms with Crippen LogP contribution in [0.25, 0.3) is 0 Å². The molecule has 0 bridgehead atoms. The van der Waals surface area contributed by atoms with Gasteiger partial charge in [-0.15, -0.1) is 0 Å². The number of rotatable bonds is 8. The van der Waals surface area contributed by atoms with Crippen LogP contribution in [0.15, 0.2) is 36.4 Å². The van der Waals surface area contributed by atoms with Gasteiger partial charge in [0, 0.05) is 23.2 Å². The molecule has 0 saturated heterocycles. The third kappa shape index (κ3) is 7.03. The fourth-order valence-electron chi connectivity index (χ4n) is 2.05. The monoisotopic (exact) mass is 416 g/mol. The number of nitrogens with one attached hydrogen (secondary N) is 2. The second-order valence-corrected chi connectivity index (χ2v) is 6.32. The highest BCUT2D eigenvalue weighted by Gasteiger charge is 2.09. The van der Waals surface area contributed by atoms with Gasteiger partial charge in [0.15, 0.2) is 11.6 Å². The summed E-state index contributed by atoms with van der Waals surface area (Å²) < 4.78 is 31.3. The summed E-state index contributed by atoms with van der Waals surface area (Å²) in [7, 11) is 0. The third-order valence-corrected chi connectivity index (χ3v) is 3.88. The molecule has 27 heavy (non-hydrogen) atoms. The van der Waals surface area contributed by atoms with Gasteiger partial charge in [0.05, 0.1) is 18.2 Å². The molecule has 0 aliphatic rings. The first-order valence-corrected chi connectivity index (χ1v) is 8.70. The summed E-state index contributed by atoms with van der Waals surface area (Å²) in [6.07, 6.45) is 0.555. The number of hydrogen-bond acceptors (Lipinski definition) is 3. The first-order valence-electron chi connectivity index (χ1n) is 7.94. The molecule has 0 aromatic heterocycles. The van der Waals surface area contributed by atoms with Crippen LogP contribution in [0.5, 0.6) is 5.75 Å². The summed E-state index contributed by atoms with van der Waals surface area (Å²) >= 11 is 11.7. The molecule has 0 fully saturated rings. The fraction of sp³-hybridized carbons (Fsp3) is 0.222. The van der Waals surface area contributed by atoms with Gasteiger partial charge in [0.2, 0.25) is 11.8 Å². The van der Waals surface area contributed by atoms with E-state index in [1.165, 1.54) is 6.07 Å². The van der Waals surface area contributed by atoms with Crippen molar-refractivity contribution < 1.29 is 23.1 Å². The van der Waals surface area contributed by atoms with E-state index < -0.39 is 17.5 Å². The van der Waals surface area contributed by atoms with Crippen LogP contribution in [0.2, 0.25) is 10.0 Å². The SMILES string of the molecule is O=C(CCCOc1ccc(Cl)cc1Cl)NCC(=O)Nc1ccc(F)c(F)c1. The zero-order chi connectivity index (χ0) is 19.8. The number of ether oxygens (including phenoxy) is 1. The van der Waals surface area contributed by atoms with Gasteiger partial charge in [-0.2, -0.15) is 0 Å². The number of anilines is 1. The van der Waals surface area contributed by atoms with Crippen LogP contribution in [-0.4, -0.2) is 25.0 Å². The number of amides is 2. The lowest BCUT2D eigenvalue weighted by molar-refractivity contribution is -0.124. The fourth-order valence-corrected chi connectivity index (χ4v) is 2.52. The van der Waals surface area contributed by atoms with E-state index in [9.17, 15) is 18.4 Å². The molecule has 0 unspecified atom stereocenters. The zero-order valence-corrected chi connectivity index (χ0v) is 15.5. The van der Waals surface area contributed by atoms with Gasteiger partial charge in [-0.1, -0.05) is 23.2 Å². The minimum Gasteiger partial charge on any atom is -0.492 e. The van der Waals surface area contributed by atoms with Crippen LogP contribution >= 0.6 is 23.2 Å². The molecule has 0 aliphatic heterocycles. The maximum absolute atomic E-state index is 13.1.